The number of carbonyl (C=O) groups excluding carboxylic acids is 1. The molecule has 18 heavy (non-hydrogen) atoms. The molecule has 2 heterocycles. The second-order valence-electron chi connectivity index (χ2n) is 4.75. The SMILES string of the molecule is CCc1ccsc1C(=O)N1CCCC1CCCBr. The van der Waals surface area contributed by atoms with E-state index < -0.39 is 0 Å². The van der Waals surface area contributed by atoms with Crippen molar-refractivity contribution in [1.29, 1.82) is 0 Å². The molecular formula is C14H20BrNOS. The zero-order chi connectivity index (χ0) is 13.0. The molecule has 1 aromatic rings. The summed E-state index contributed by atoms with van der Waals surface area (Å²) in [6.07, 6.45) is 5.56. The van der Waals surface area contributed by atoms with Gasteiger partial charge >= 0.3 is 0 Å². The number of carbonyl (C=O) groups is 1. The fraction of sp³-hybridized carbons (Fsp3) is 0.643. The van der Waals surface area contributed by atoms with E-state index in [9.17, 15) is 4.79 Å². The Kier molecular flexibility index (Phi) is 5.25. The summed E-state index contributed by atoms with van der Waals surface area (Å²) in [5.74, 6) is 0.263. The van der Waals surface area contributed by atoms with Gasteiger partial charge < -0.3 is 4.90 Å². The average molecular weight is 330 g/mol. The number of hydrogen-bond acceptors (Lipinski definition) is 2. The molecule has 2 nitrogen and oxygen atoms in total. The highest BCUT2D eigenvalue weighted by Gasteiger charge is 2.30. The average Bonchev–Trinajstić information content (AvgIpc) is 3.03. The van der Waals surface area contributed by atoms with Crippen LogP contribution in [0.3, 0.4) is 0 Å². The van der Waals surface area contributed by atoms with Gasteiger partial charge in [0, 0.05) is 17.9 Å². The first-order valence-corrected chi connectivity index (χ1v) is 8.71. The van der Waals surface area contributed by atoms with Crippen molar-refractivity contribution in [1.82, 2.24) is 4.90 Å². The molecule has 4 heteroatoms. The lowest BCUT2D eigenvalue weighted by molar-refractivity contribution is 0.0734. The van der Waals surface area contributed by atoms with E-state index >= 15 is 0 Å². The zero-order valence-corrected chi connectivity index (χ0v) is 13.2. The summed E-state index contributed by atoms with van der Waals surface area (Å²) >= 11 is 5.07. The van der Waals surface area contributed by atoms with Crippen LogP contribution in [0.1, 0.15) is 47.8 Å². The van der Waals surface area contributed by atoms with Crippen LogP contribution >= 0.6 is 27.3 Å². The van der Waals surface area contributed by atoms with Crippen LogP contribution in [-0.2, 0) is 6.42 Å². The molecule has 1 unspecified atom stereocenters. The number of hydrogen-bond donors (Lipinski definition) is 0. The van der Waals surface area contributed by atoms with Gasteiger partial charge in [-0.25, -0.2) is 0 Å². The van der Waals surface area contributed by atoms with E-state index in [1.807, 2.05) is 5.38 Å². The highest BCUT2D eigenvalue weighted by atomic mass is 79.9. The summed E-state index contributed by atoms with van der Waals surface area (Å²) in [5, 5.41) is 3.07. The van der Waals surface area contributed by atoms with Crippen LogP contribution in [0.25, 0.3) is 0 Å². The number of thiophene rings is 1. The monoisotopic (exact) mass is 329 g/mol. The van der Waals surface area contributed by atoms with Crippen LogP contribution in [0.4, 0.5) is 0 Å². The molecule has 0 bridgehead atoms. The van der Waals surface area contributed by atoms with Gasteiger partial charge in [0.05, 0.1) is 4.88 Å². The Balaban J connectivity index is 2.08. The van der Waals surface area contributed by atoms with Gasteiger partial charge in [0.2, 0.25) is 0 Å². The van der Waals surface area contributed by atoms with Crippen LogP contribution < -0.4 is 0 Å². The number of amides is 1. The van der Waals surface area contributed by atoms with Crippen LogP contribution in [0, 0.1) is 0 Å². The maximum atomic E-state index is 12.6. The Labute approximate surface area is 122 Å². The fourth-order valence-electron chi connectivity index (χ4n) is 2.65. The van der Waals surface area contributed by atoms with Crippen LogP contribution in [0.15, 0.2) is 11.4 Å². The van der Waals surface area contributed by atoms with Gasteiger partial charge in [0.15, 0.2) is 0 Å². The summed E-state index contributed by atoms with van der Waals surface area (Å²) in [4.78, 5) is 15.7. The molecule has 1 aliphatic rings. The van der Waals surface area contributed by atoms with Crippen LogP contribution in [0.2, 0.25) is 0 Å². The maximum Gasteiger partial charge on any atom is 0.264 e. The van der Waals surface area contributed by atoms with Gasteiger partial charge in [-0.3, -0.25) is 4.79 Å². The lowest BCUT2D eigenvalue weighted by atomic mass is 10.1. The molecule has 1 aromatic heterocycles. The van der Waals surface area contributed by atoms with Gasteiger partial charge in [-0.15, -0.1) is 11.3 Å². The van der Waals surface area contributed by atoms with E-state index in [1.54, 1.807) is 11.3 Å². The number of halogens is 1. The molecule has 0 saturated carbocycles. The van der Waals surface area contributed by atoms with Crippen molar-refractivity contribution in [3.05, 3.63) is 21.9 Å². The highest BCUT2D eigenvalue weighted by Crippen LogP contribution is 2.27. The number of rotatable bonds is 5. The fourth-order valence-corrected chi connectivity index (χ4v) is 3.92. The highest BCUT2D eigenvalue weighted by molar-refractivity contribution is 9.09. The van der Waals surface area contributed by atoms with Crippen molar-refractivity contribution in [3.8, 4) is 0 Å². The largest absolute Gasteiger partial charge is 0.335 e. The molecule has 1 saturated heterocycles. The molecule has 0 aromatic carbocycles. The molecule has 2 rings (SSSR count). The number of likely N-dealkylation sites (tertiary alicyclic amines) is 1. The summed E-state index contributed by atoms with van der Waals surface area (Å²) in [6.45, 7) is 3.05. The molecule has 0 radical (unpaired) electrons. The first-order valence-electron chi connectivity index (χ1n) is 6.71. The number of nitrogens with zero attached hydrogens (tertiary/aromatic N) is 1. The predicted molar refractivity (Wildman–Crippen MR) is 80.8 cm³/mol. The van der Waals surface area contributed by atoms with Gasteiger partial charge in [0.1, 0.15) is 0 Å². The molecule has 1 amide bonds. The van der Waals surface area contributed by atoms with E-state index in [1.165, 1.54) is 12.0 Å². The summed E-state index contributed by atoms with van der Waals surface area (Å²) in [6, 6.07) is 2.54. The van der Waals surface area contributed by atoms with Gasteiger partial charge in [-0.1, -0.05) is 22.9 Å². The second kappa shape index (κ2) is 6.71. The van der Waals surface area contributed by atoms with Crippen LogP contribution in [0.5, 0.6) is 0 Å². The van der Waals surface area contributed by atoms with Gasteiger partial charge in [0.25, 0.3) is 5.91 Å². The summed E-state index contributed by atoms with van der Waals surface area (Å²) in [7, 11) is 0. The summed E-state index contributed by atoms with van der Waals surface area (Å²) in [5.41, 5.74) is 1.20. The molecule has 0 spiro atoms. The van der Waals surface area contributed by atoms with Gasteiger partial charge in [-0.2, -0.15) is 0 Å². The smallest absolute Gasteiger partial charge is 0.264 e. The zero-order valence-electron chi connectivity index (χ0n) is 10.8. The minimum atomic E-state index is 0.263. The molecule has 0 aliphatic carbocycles. The first kappa shape index (κ1) is 14.1. The Morgan fingerprint density at radius 1 is 1.61 bits per heavy atom. The molecule has 1 aliphatic heterocycles. The van der Waals surface area contributed by atoms with E-state index in [4.69, 9.17) is 0 Å². The Bertz CT molecular complexity index is 404. The lowest BCUT2D eigenvalue weighted by Crippen LogP contribution is -2.35. The predicted octanol–water partition coefficient (Wildman–Crippen LogP) is 4.09. The van der Waals surface area contributed by atoms with Crippen LogP contribution in [-0.4, -0.2) is 28.7 Å². The number of aryl methyl sites for hydroxylation is 1. The van der Waals surface area contributed by atoms with E-state index in [0.717, 1.165) is 42.4 Å². The van der Waals surface area contributed by atoms with E-state index in [0.29, 0.717) is 6.04 Å². The Hall–Kier alpha value is -0.350. The summed E-state index contributed by atoms with van der Waals surface area (Å²) < 4.78 is 0. The molecule has 1 atom stereocenters. The van der Waals surface area contributed by atoms with Crippen molar-refractivity contribution >= 4 is 33.2 Å². The van der Waals surface area contributed by atoms with Crippen molar-refractivity contribution in [2.45, 2.75) is 45.1 Å². The molecule has 100 valence electrons. The Morgan fingerprint density at radius 3 is 3.17 bits per heavy atom. The van der Waals surface area contributed by atoms with Crippen molar-refractivity contribution < 1.29 is 4.79 Å². The minimum Gasteiger partial charge on any atom is -0.335 e. The maximum absolute atomic E-state index is 12.6. The molecule has 1 fully saturated rings. The molecular weight excluding hydrogens is 310 g/mol. The first-order chi connectivity index (χ1) is 8.77. The lowest BCUT2D eigenvalue weighted by Gasteiger charge is -2.24. The second-order valence-corrected chi connectivity index (χ2v) is 6.46. The topological polar surface area (TPSA) is 20.3 Å². The quantitative estimate of drug-likeness (QED) is 0.745. The van der Waals surface area contributed by atoms with Crippen molar-refractivity contribution in [2.75, 3.05) is 11.9 Å². The van der Waals surface area contributed by atoms with Gasteiger partial charge in [-0.05, 0) is 49.1 Å². The van der Waals surface area contributed by atoms with E-state index in [2.05, 4.69) is 33.8 Å². The third kappa shape index (κ3) is 2.97. The normalized spacial score (nSPS) is 19.4. The third-order valence-corrected chi connectivity index (χ3v) is 5.14. The Morgan fingerprint density at radius 2 is 2.44 bits per heavy atom. The number of alkyl halides is 1. The van der Waals surface area contributed by atoms with Crippen molar-refractivity contribution in [2.24, 2.45) is 0 Å². The van der Waals surface area contributed by atoms with E-state index in [-0.39, 0.29) is 5.91 Å². The standard InChI is InChI=1S/C14H20BrNOS/c1-2-11-7-10-18-13(11)14(17)16-9-4-6-12(16)5-3-8-15/h7,10,12H,2-6,8-9H2,1H3. The third-order valence-electron chi connectivity index (χ3n) is 3.63. The minimum absolute atomic E-state index is 0.263. The van der Waals surface area contributed by atoms with Crippen molar-refractivity contribution in [3.63, 3.8) is 0 Å². The molecule has 0 N–H and O–H groups in total.